The first-order valence-electron chi connectivity index (χ1n) is 11.8. The van der Waals surface area contributed by atoms with E-state index in [1.54, 1.807) is 38.2 Å². The number of rotatable bonds is 4. The zero-order valence-electron chi connectivity index (χ0n) is 21.7. The van der Waals surface area contributed by atoms with Crippen molar-refractivity contribution in [3.63, 3.8) is 0 Å². The summed E-state index contributed by atoms with van der Waals surface area (Å²) in [5.41, 5.74) is -8.73. The Morgan fingerprint density at radius 2 is 1.43 bits per heavy atom. The van der Waals surface area contributed by atoms with E-state index in [0.29, 0.717) is 0 Å². The van der Waals surface area contributed by atoms with Crippen molar-refractivity contribution in [2.45, 2.75) is 58.5 Å². The maximum Gasteiger partial charge on any atom is 0.215 e. The Morgan fingerprint density at radius 1 is 0.919 bits per heavy atom. The van der Waals surface area contributed by atoms with Gasteiger partial charge >= 0.3 is 0 Å². The predicted octanol–water partition coefficient (Wildman–Crippen LogP) is 3.74. The quantitative estimate of drug-likeness (QED) is 0.188. The molecule has 2 fully saturated rings. The van der Waals surface area contributed by atoms with Gasteiger partial charge in [0, 0.05) is 17.1 Å². The van der Waals surface area contributed by atoms with Gasteiger partial charge in [-0.3, -0.25) is 9.59 Å². The summed E-state index contributed by atoms with van der Waals surface area (Å²) in [6.07, 6.45) is 11.8. The van der Waals surface area contributed by atoms with Gasteiger partial charge in [0.05, 0.1) is 16.7 Å². The molecule has 1 aliphatic heterocycles. The van der Waals surface area contributed by atoms with Gasteiger partial charge in [0.25, 0.3) is 0 Å². The van der Waals surface area contributed by atoms with Gasteiger partial charge in [-0.05, 0) is 53.7 Å². The molecule has 1 heterocycles. The first-order valence-corrected chi connectivity index (χ1v) is 11.8. The van der Waals surface area contributed by atoms with Crippen molar-refractivity contribution in [1.82, 2.24) is 0 Å². The number of ether oxygens (including phenoxy) is 1. The van der Waals surface area contributed by atoms with Crippen LogP contribution in [0.5, 0.6) is 0 Å². The van der Waals surface area contributed by atoms with Crippen molar-refractivity contribution < 1.29 is 39.9 Å². The molecule has 0 aromatic heterocycles. The molecule has 2 aliphatic carbocycles. The molecule has 0 aromatic rings. The Morgan fingerprint density at radius 3 is 1.95 bits per heavy atom. The van der Waals surface area contributed by atoms with Crippen molar-refractivity contribution in [1.29, 1.82) is 5.41 Å². The molecule has 9 nitrogen and oxygen atoms in total. The summed E-state index contributed by atoms with van der Waals surface area (Å²) in [5.74, 6) is -7.90. The number of carbonyl (C=O) groups is 2. The molecular weight excluding hydrogens is 478 g/mol. The van der Waals surface area contributed by atoms with Gasteiger partial charge in [-0.2, -0.15) is 0 Å². The first-order chi connectivity index (χ1) is 17.1. The Labute approximate surface area is 215 Å². The highest BCUT2D eigenvalue weighted by Gasteiger charge is 2.82. The van der Waals surface area contributed by atoms with Crippen LogP contribution in [-0.2, 0) is 14.3 Å². The lowest BCUT2D eigenvalue weighted by Crippen LogP contribution is -2.72. The minimum atomic E-state index is -2.86. The zero-order valence-corrected chi connectivity index (χ0v) is 21.7. The number of aliphatic hydroxyl groups excluding tert-OH is 3. The van der Waals surface area contributed by atoms with E-state index in [2.05, 4.69) is 0 Å². The lowest BCUT2D eigenvalue weighted by Gasteiger charge is -2.51. The maximum atomic E-state index is 14.1. The fourth-order valence-corrected chi connectivity index (χ4v) is 5.66. The van der Waals surface area contributed by atoms with Gasteiger partial charge in [-0.1, -0.05) is 36.5 Å². The predicted molar refractivity (Wildman–Crippen MR) is 137 cm³/mol. The molecule has 1 saturated heterocycles. The zero-order chi connectivity index (χ0) is 28.1. The number of nitrogens with one attached hydrogen (secondary N) is 1. The van der Waals surface area contributed by atoms with Gasteiger partial charge in [0.15, 0.2) is 17.2 Å². The number of hydrogen-bond donors (Lipinski definition) is 6. The topological polar surface area (TPSA) is 168 Å². The van der Waals surface area contributed by atoms with Gasteiger partial charge in [0.1, 0.15) is 22.9 Å². The lowest BCUT2D eigenvalue weighted by molar-refractivity contribution is -0.305. The Kier molecular flexibility index (Phi) is 6.89. The number of aliphatic hydroxyl groups is 5. The smallest absolute Gasteiger partial charge is 0.215 e. The van der Waals surface area contributed by atoms with Crippen LogP contribution < -0.4 is 0 Å². The second-order valence-corrected chi connectivity index (χ2v) is 9.90. The molecule has 0 aromatic carbocycles. The Bertz CT molecular complexity index is 1290. The highest BCUT2D eigenvalue weighted by Crippen LogP contribution is 2.66. The summed E-state index contributed by atoms with van der Waals surface area (Å²) < 4.78 is 5.90. The average Bonchev–Trinajstić information content (AvgIpc) is 3.03. The Balaban J connectivity index is 2.46. The summed E-state index contributed by atoms with van der Waals surface area (Å²) in [4.78, 5) is 27.6. The summed E-state index contributed by atoms with van der Waals surface area (Å²) in [7, 11) is 0. The molecule has 0 spiro atoms. The van der Waals surface area contributed by atoms with Crippen LogP contribution in [0.1, 0.15) is 41.5 Å². The molecule has 3 aliphatic rings. The SMILES string of the molecule is C/C=C/C=C\C(O)=C1C(=N)[C@](C)(O)[C@]2(O)O[C@]3(C)C(=O)C(C)=C(O)\C(=C(O)/C=C/C=C/C)[C@@H]3[C@]2(C)C1=O. The lowest BCUT2D eigenvalue weighted by atomic mass is 9.52. The van der Waals surface area contributed by atoms with Crippen LogP contribution in [0.25, 0.3) is 0 Å². The molecule has 9 heteroatoms. The average molecular weight is 512 g/mol. The summed E-state index contributed by atoms with van der Waals surface area (Å²) >= 11 is 0. The second-order valence-electron chi connectivity index (χ2n) is 9.90. The van der Waals surface area contributed by atoms with Crippen LogP contribution in [0.4, 0.5) is 0 Å². The number of hydrogen-bond acceptors (Lipinski definition) is 9. The van der Waals surface area contributed by atoms with Crippen molar-refractivity contribution in [3.8, 4) is 0 Å². The van der Waals surface area contributed by atoms with E-state index in [9.17, 15) is 35.1 Å². The fourth-order valence-electron chi connectivity index (χ4n) is 5.66. The normalized spacial score (nSPS) is 39.5. The number of ketones is 2. The van der Waals surface area contributed by atoms with Gasteiger partial charge in [-0.15, -0.1) is 0 Å². The molecule has 198 valence electrons. The molecule has 0 unspecified atom stereocenters. The van der Waals surface area contributed by atoms with E-state index in [1.807, 2.05) is 0 Å². The van der Waals surface area contributed by atoms with Gasteiger partial charge in [-0.25, -0.2) is 0 Å². The highest BCUT2D eigenvalue weighted by molar-refractivity contribution is 6.29. The molecule has 0 bridgehead atoms. The molecule has 5 atom stereocenters. The standard InChI is InChI=1S/C28H33NO8/c1-7-9-11-13-16(30)18-20(32)15(3)23(33)26(5)21(18)25(4)24(34)19(17(31)14-12-10-8-2)22(29)27(6,35)28(25,36)37-26/h7-14,21,29-32,35-36H,1-6H3/b9-7+,10-8+,13-11+,14-12-,18-16-,19-17?,29-22?/t21-,25-,26+,27+,28-/m1/s1. The maximum absolute atomic E-state index is 14.1. The van der Waals surface area contributed by atoms with Crippen LogP contribution in [0.3, 0.4) is 0 Å². The minimum Gasteiger partial charge on any atom is -0.508 e. The molecule has 6 N–H and O–H groups in total. The number of Topliss-reactive ketones (excluding diaryl/α,β-unsaturated/α-hetero) is 2. The monoisotopic (exact) mass is 511 g/mol. The van der Waals surface area contributed by atoms with Crippen molar-refractivity contribution in [3.05, 3.63) is 82.6 Å². The largest absolute Gasteiger partial charge is 0.508 e. The molecule has 0 amide bonds. The van der Waals surface area contributed by atoms with Crippen LogP contribution in [0.15, 0.2) is 82.6 Å². The minimum absolute atomic E-state index is 0.180. The number of fused-ring (bicyclic) bond motifs is 3. The van der Waals surface area contributed by atoms with Gasteiger partial charge in [0.2, 0.25) is 5.79 Å². The van der Waals surface area contributed by atoms with Crippen molar-refractivity contribution in [2.24, 2.45) is 11.3 Å². The molecular formula is C28H33NO8. The Hall–Kier alpha value is -3.53. The summed E-state index contributed by atoms with van der Waals surface area (Å²) in [6, 6.07) is 0. The van der Waals surface area contributed by atoms with E-state index < -0.39 is 68.5 Å². The van der Waals surface area contributed by atoms with Crippen molar-refractivity contribution >= 4 is 17.3 Å². The first kappa shape index (κ1) is 28.0. The molecule has 3 rings (SSSR count). The van der Waals surface area contributed by atoms with Crippen LogP contribution in [0.2, 0.25) is 0 Å². The van der Waals surface area contributed by atoms with Crippen LogP contribution in [0, 0.1) is 16.7 Å². The van der Waals surface area contributed by atoms with Crippen LogP contribution >= 0.6 is 0 Å². The third-order valence-corrected chi connectivity index (χ3v) is 7.63. The third-order valence-electron chi connectivity index (χ3n) is 7.63. The number of carbonyl (C=O) groups excluding carboxylic acids is 2. The van der Waals surface area contributed by atoms with E-state index in [4.69, 9.17) is 10.1 Å². The van der Waals surface area contributed by atoms with E-state index >= 15 is 0 Å². The molecule has 0 radical (unpaired) electrons. The van der Waals surface area contributed by atoms with Crippen molar-refractivity contribution in [2.75, 3.05) is 0 Å². The fraction of sp³-hybridized carbons (Fsp3) is 0.393. The molecule has 1 saturated carbocycles. The summed E-state index contributed by atoms with van der Waals surface area (Å²) in [6.45, 7) is 8.36. The van der Waals surface area contributed by atoms with E-state index in [0.717, 1.165) is 13.0 Å². The van der Waals surface area contributed by atoms with E-state index in [1.165, 1.54) is 39.0 Å². The van der Waals surface area contributed by atoms with Crippen LogP contribution in [-0.4, -0.2) is 59.8 Å². The summed E-state index contributed by atoms with van der Waals surface area (Å²) in [5, 5.41) is 64.8. The highest BCUT2D eigenvalue weighted by atomic mass is 16.7. The second kappa shape index (κ2) is 9.09. The third kappa shape index (κ3) is 3.53. The number of allylic oxidation sites excluding steroid dienone is 9. The van der Waals surface area contributed by atoms with E-state index in [-0.39, 0.29) is 11.1 Å². The molecule has 37 heavy (non-hydrogen) atoms. The van der Waals surface area contributed by atoms with Gasteiger partial charge < -0.3 is 35.7 Å².